The molecule has 0 amide bonds. The van der Waals surface area contributed by atoms with Crippen LogP contribution in [0.4, 0.5) is 0 Å². The number of aryl methyl sites for hydroxylation is 2. The van der Waals surface area contributed by atoms with E-state index in [0.717, 1.165) is 58.6 Å². The number of hydrogen-bond donors (Lipinski definition) is 1. The van der Waals surface area contributed by atoms with Crippen LogP contribution in [0.1, 0.15) is 23.1 Å². The number of nitrogens with one attached hydrogen (secondary N) is 1. The van der Waals surface area contributed by atoms with Crippen molar-refractivity contribution >= 4 is 17.4 Å². The summed E-state index contributed by atoms with van der Waals surface area (Å²) < 4.78 is 6.10. The van der Waals surface area contributed by atoms with Crippen LogP contribution >= 0.6 is 11.6 Å². The minimum absolute atomic E-state index is 0.791. The largest absolute Gasteiger partial charge is 0.457 e. The number of nitrogens with zero attached hydrogens (tertiary/aromatic N) is 1. The maximum absolute atomic E-state index is 6.22. The van der Waals surface area contributed by atoms with Crippen molar-refractivity contribution in [2.45, 2.75) is 20.3 Å². The van der Waals surface area contributed by atoms with Crippen LogP contribution < -0.4 is 10.1 Å². The first-order valence-corrected chi connectivity index (χ1v) is 7.85. The highest BCUT2D eigenvalue weighted by Gasteiger charge is 2.13. The molecular formula is C18H19ClN2O. The van der Waals surface area contributed by atoms with E-state index in [1.54, 1.807) is 0 Å². The van der Waals surface area contributed by atoms with Crippen molar-refractivity contribution in [3.05, 3.63) is 58.1 Å². The van der Waals surface area contributed by atoms with E-state index < -0.39 is 0 Å². The van der Waals surface area contributed by atoms with Gasteiger partial charge in [-0.2, -0.15) is 0 Å². The lowest BCUT2D eigenvalue weighted by Gasteiger charge is -2.18. The predicted molar refractivity (Wildman–Crippen MR) is 91.5 cm³/mol. The summed E-state index contributed by atoms with van der Waals surface area (Å²) in [6.07, 6.45) is 1.07. The summed E-state index contributed by atoms with van der Waals surface area (Å²) in [5.41, 5.74) is 3.03. The highest BCUT2D eigenvalue weighted by molar-refractivity contribution is 6.32. The normalized spacial score (nSPS) is 14.2. The molecule has 2 aromatic carbocycles. The first-order valence-electron chi connectivity index (χ1n) is 7.47. The first-order chi connectivity index (χ1) is 10.6. The van der Waals surface area contributed by atoms with Gasteiger partial charge in [0.25, 0.3) is 0 Å². The SMILES string of the molecule is Cc1cc(Oc2ccccc2C2=NCCCN2)cc(C)c1Cl. The van der Waals surface area contributed by atoms with Crippen molar-refractivity contribution in [2.24, 2.45) is 4.99 Å². The molecule has 0 aromatic heterocycles. The van der Waals surface area contributed by atoms with Crippen LogP contribution in [-0.2, 0) is 0 Å². The lowest BCUT2D eigenvalue weighted by molar-refractivity contribution is 0.480. The molecule has 0 saturated carbocycles. The zero-order chi connectivity index (χ0) is 15.5. The second kappa shape index (κ2) is 6.41. The summed E-state index contributed by atoms with van der Waals surface area (Å²) in [7, 11) is 0. The second-order valence-electron chi connectivity index (χ2n) is 5.48. The molecule has 0 radical (unpaired) electrons. The number of para-hydroxylation sites is 1. The Labute approximate surface area is 136 Å². The van der Waals surface area contributed by atoms with Crippen LogP contribution in [0.15, 0.2) is 41.4 Å². The Morgan fingerprint density at radius 3 is 2.55 bits per heavy atom. The number of ether oxygens (including phenoxy) is 1. The summed E-state index contributed by atoms with van der Waals surface area (Å²) in [4.78, 5) is 4.56. The number of hydrogen-bond acceptors (Lipinski definition) is 3. The van der Waals surface area contributed by atoms with E-state index >= 15 is 0 Å². The summed E-state index contributed by atoms with van der Waals surface area (Å²) in [6, 6.07) is 11.9. The summed E-state index contributed by atoms with van der Waals surface area (Å²) in [5, 5.41) is 4.13. The van der Waals surface area contributed by atoms with Gasteiger partial charge in [-0.15, -0.1) is 0 Å². The maximum Gasteiger partial charge on any atom is 0.138 e. The highest BCUT2D eigenvalue weighted by atomic mass is 35.5. The molecule has 1 aliphatic rings. The second-order valence-corrected chi connectivity index (χ2v) is 5.86. The van der Waals surface area contributed by atoms with Crippen LogP contribution in [0, 0.1) is 13.8 Å². The molecule has 1 N–H and O–H groups in total. The number of aliphatic imine (C=N–C) groups is 1. The molecule has 0 aliphatic carbocycles. The topological polar surface area (TPSA) is 33.6 Å². The zero-order valence-corrected chi connectivity index (χ0v) is 13.6. The molecule has 0 spiro atoms. The molecule has 0 atom stereocenters. The molecule has 0 saturated heterocycles. The van der Waals surface area contributed by atoms with Crippen molar-refractivity contribution < 1.29 is 4.74 Å². The van der Waals surface area contributed by atoms with Gasteiger partial charge in [0.2, 0.25) is 0 Å². The van der Waals surface area contributed by atoms with E-state index in [1.165, 1.54) is 0 Å². The number of rotatable bonds is 3. The Kier molecular flexibility index (Phi) is 4.34. The predicted octanol–water partition coefficient (Wildman–Crippen LogP) is 4.49. The fraction of sp³-hybridized carbons (Fsp3) is 0.278. The monoisotopic (exact) mass is 314 g/mol. The third-order valence-electron chi connectivity index (χ3n) is 3.68. The lowest BCUT2D eigenvalue weighted by atomic mass is 10.1. The minimum atomic E-state index is 0.791. The summed E-state index contributed by atoms with van der Waals surface area (Å²) in [5.74, 6) is 2.50. The van der Waals surface area contributed by atoms with Gasteiger partial charge in [0.15, 0.2) is 0 Å². The first kappa shape index (κ1) is 14.9. The van der Waals surface area contributed by atoms with E-state index in [1.807, 2.05) is 50.2 Å². The van der Waals surface area contributed by atoms with Gasteiger partial charge in [0.05, 0.1) is 5.56 Å². The number of benzene rings is 2. The maximum atomic E-state index is 6.22. The van der Waals surface area contributed by atoms with E-state index in [-0.39, 0.29) is 0 Å². The van der Waals surface area contributed by atoms with Crippen LogP contribution in [0.3, 0.4) is 0 Å². The fourth-order valence-corrected chi connectivity index (χ4v) is 2.67. The molecule has 0 fully saturated rings. The molecule has 0 bridgehead atoms. The van der Waals surface area contributed by atoms with Crippen molar-refractivity contribution in [1.82, 2.24) is 5.32 Å². The van der Waals surface area contributed by atoms with Gasteiger partial charge < -0.3 is 10.1 Å². The molecular weight excluding hydrogens is 296 g/mol. The molecule has 0 unspecified atom stereocenters. The van der Waals surface area contributed by atoms with Gasteiger partial charge in [0.1, 0.15) is 17.3 Å². The van der Waals surface area contributed by atoms with E-state index in [0.29, 0.717) is 0 Å². The Hall–Kier alpha value is -2.00. The third-order valence-corrected chi connectivity index (χ3v) is 4.27. The number of halogens is 1. The molecule has 3 rings (SSSR count). The summed E-state index contributed by atoms with van der Waals surface area (Å²) in [6.45, 7) is 5.78. The molecule has 1 heterocycles. The van der Waals surface area contributed by atoms with Gasteiger partial charge in [-0.25, -0.2) is 0 Å². The quantitative estimate of drug-likeness (QED) is 0.905. The molecule has 114 valence electrons. The van der Waals surface area contributed by atoms with Crippen molar-refractivity contribution in [2.75, 3.05) is 13.1 Å². The average molecular weight is 315 g/mol. The Morgan fingerprint density at radius 1 is 1.14 bits per heavy atom. The minimum Gasteiger partial charge on any atom is -0.457 e. The van der Waals surface area contributed by atoms with Gasteiger partial charge in [-0.3, -0.25) is 4.99 Å². The van der Waals surface area contributed by atoms with E-state index in [2.05, 4.69) is 10.3 Å². The van der Waals surface area contributed by atoms with E-state index in [4.69, 9.17) is 16.3 Å². The van der Waals surface area contributed by atoms with Gasteiger partial charge in [-0.05, 0) is 55.7 Å². The third kappa shape index (κ3) is 3.09. The fourth-order valence-electron chi connectivity index (χ4n) is 2.56. The van der Waals surface area contributed by atoms with Gasteiger partial charge in [-0.1, -0.05) is 23.7 Å². The van der Waals surface area contributed by atoms with Crippen molar-refractivity contribution in [3.8, 4) is 11.5 Å². The zero-order valence-electron chi connectivity index (χ0n) is 12.8. The number of amidine groups is 1. The van der Waals surface area contributed by atoms with Crippen LogP contribution in [0.25, 0.3) is 0 Å². The van der Waals surface area contributed by atoms with Crippen LogP contribution in [-0.4, -0.2) is 18.9 Å². The highest BCUT2D eigenvalue weighted by Crippen LogP contribution is 2.31. The summed E-state index contributed by atoms with van der Waals surface area (Å²) >= 11 is 6.22. The molecule has 2 aromatic rings. The van der Waals surface area contributed by atoms with Gasteiger partial charge >= 0.3 is 0 Å². The van der Waals surface area contributed by atoms with Crippen molar-refractivity contribution in [1.29, 1.82) is 0 Å². The van der Waals surface area contributed by atoms with Gasteiger partial charge in [0, 0.05) is 18.1 Å². The van der Waals surface area contributed by atoms with Crippen LogP contribution in [0.2, 0.25) is 5.02 Å². The Morgan fingerprint density at radius 2 is 1.86 bits per heavy atom. The Balaban J connectivity index is 1.94. The van der Waals surface area contributed by atoms with Crippen LogP contribution in [0.5, 0.6) is 11.5 Å². The molecule has 3 nitrogen and oxygen atoms in total. The molecule has 1 aliphatic heterocycles. The molecule has 4 heteroatoms. The van der Waals surface area contributed by atoms with Crippen molar-refractivity contribution in [3.63, 3.8) is 0 Å². The molecule has 22 heavy (non-hydrogen) atoms. The average Bonchev–Trinajstić information content (AvgIpc) is 2.54. The standard InChI is InChI=1S/C18H19ClN2O/c1-12-10-14(11-13(2)17(12)19)22-16-7-4-3-6-15(16)18-20-8-5-9-21-18/h3-4,6-7,10-11H,5,8-9H2,1-2H3,(H,20,21). The Bertz CT molecular complexity index is 702. The van der Waals surface area contributed by atoms with E-state index in [9.17, 15) is 0 Å². The lowest BCUT2D eigenvalue weighted by Crippen LogP contribution is -2.30. The smallest absolute Gasteiger partial charge is 0.138 e.